The first kappa shape index (κ1) is 18.7. The highest BCUT2D eigenvalue weighted by molar-refractivity contribution is 6.14. The SMILES string of the molecule is O=C1NC(=O)/C(=C/c2cnn3c(NC4CC4)cc(NC(=O)c4cccc(F)c4)nc23)N1. The summed E-state index contributed by atoms with van der Waals surface area (Å²) in [6.45, 7) is 0. The van der Waals surface area contributed by atoms with Crippen LogP contribution < -0.4 is 21.3 Å². The molecule has 0 spiro atoms. The number of halogens is 1. The fourth-order valence-electron chi connectivity index (χ4n) is 3.14. The summed E-state index contributed by atoms with van der Waals surface area (Å²) < 4.78 is 15.0. The lowest BCUT2D eigenvalue weighted by molar-refractivity contribution is -0.115. The standard InChI is InChI=1S/C20H16FN7O3/c21-12-3-1-2-10(6-12)18(29)26-15-8-16(23-13-4-5-13)28-17(25-15)11(9-22-28)7-14-19(30)27-20(31)24-14/h1-3,6-9,13,23H,4-5H2,(H,25,26,29)(H2,24,27,30,31)/b14-7-. The number of aromatic nitrogens is 3. The Labute approximate surface area is 174 Å². The molecule has 31 heavy (non-hydrogen) atoms. The number of imide groups is 1. The van der Waals surface area contributed by atoms with Crippen LogP contribution in [-0.2, 0) is 4.79 Å². The summed E-state index contributed by atoms with van der Waals surface area (Å²) in [5.41, 5.74) is 1.04. The topological polar surface area (TPSA) is 130 Å². The Morgan fingerprint density at radius 1 is 1.23 bits per heavy atom. The van der Waals surface area contributed by atoms with Gasteiger partial charge in [-0.15, -0.1) is 0 Å². The molecule has 1 aliphatic heterocycles. The van der Waals surface area contributed by atoms with E-state index >= 15 is 0 Å². The molecule has 10 nitrogen and oxygen atoms in total. The van der Waals surface area contributed by atoms with Crippen LogP contribution in [0.25, 0.3) is 11.7 Å². The van der Waals surface area contributed by atoms with Crippen LogP contribution in [0.5, 0.6) is 0 Å². The first-order valence-corrected chi connectivity index (χ1v) is 9.52. The molecule has 4 amide bonds. The Balaban J connectivity index is 1.53. The van der Waals surface area contributed by atoms with Crippen molar-refractivity contribution in [2.24, 2.45) is 0 Å². The van der Waals surface area contributed by atoms with Crippen LogP contribution in [0.4, 0.5) is 20.8 Å². The van der Waals surface area contributed by atoms with Crippen molar-refractivity contribution < 1.29 is 18.8 Å². The Morgan fingerprint density at radius 2 is 2.06 bits per heavy atom. The number of anilines is 2. The summed E-state index contributed by atoms with van der Waals surface area (Å²) in [6.07, 6.45) is 4.98. The molecule has 156 valence electrons. The monoisotopic (exact) mass is 421 g/mol. The highest BCUT2D eigenvalue weighted by atomic mass is 19.1. The summed E-state index contributed by atoms with van der Waals surface area (Å²) in [5, 5.41) is 14.9. The fraction of sp³-hybridized carbons (Fsp3) is 0.150. The number of carbonyl (C=O) groups is 3. The lowest BCUT2D eigenvalue weighted by Gasteiger charge is -2.11. The lowest BCUT2D eigenvalue weighted by atomic mass is 10.2. The number of nitrogens with one attached hydrogen (secondary N) is 4. The van der Waals surface area contributed by atoms with E-state index in [1.54, 1.807) is 10.6 Å². The molecule has 1 saturated carbocycles. The average Bonchev–Trinajstić information content (AvgIpc) is 3.37. The third-order valence-corrected chi connectivity index (χ3v) is 4.78. The molecule has 5 rings (SSSR count). The van der Waals surface area contributed by atoms with E-state index < -0.39 is 23.7 Å². The number of rotatable bonds is 5. The van der Waals surface area contributed by atoms with E-state index in [4.69, 9.17) is 0 Å². The van der Waals surface area contributed by atoms with E-state index in [-0.39, 0.29) is 17.1 Å². The van der Waals surface area contributed by atoms with Gasteiger partial charge in [-0.2, -0.15) is 9.61 Å². The number of hydrogen-bond acceptors (Lipinski definition) is 6. The van der Waals surface area contributed by atoms with Gasteiger partial charge in [0, 0.05) is 23.2 Å². The molecule has 1 aromatic carbocycles. The van der Waals surface area contributed by atoms with Gasteiger partial charge in [-0.3, -0.25) is 14.9 Å². The number of hydrogen-bond donors (Lipinski definition) is 4. The van der Waals surface area contributed by atoms with Gasteiger partial charge in [-0.1, -0.05) is 6.07 Å². The molecule has 4 N–H and O–H groups in total. The Bertz CT molecular complexity index is 1280. The average molecular weight is 421 g/mol. The molecule has 1 aliphatic carbocycles. The molecule has 0 atom stereocenters. The second-order valence-corrected chi connectivity index (χ2v) is 7.21. The van der Waals surface area contributed by atoms with Crippen LogP contribution in [0.3, 0.4) is 0 Å². The minimum absolute atomic E-state index is 0.0626. The van der Waals surface area contributed by atoms with Crippen LogP contribution in [0, 0.1) is 5.82 Å². The third kappa shape index (κ3) is 3.80. The first-order chi connectivity index (χ1) is 15.0. The molecular weight excluding hydrogens is 405 g/mol. The molecule has 0 bridgehead atoms. The normalized spacial score (nSPS) is 17.0. The van der Waals surface area contributed by atoms with Gasteiger partial charge in [0.25, 0.3) is 11.8 Å². The number of carbonyl (C=O) groups excluding carboxylic acids is 3. The minimum Gasteiger partial charge on any atom is -0.367 e. The van der Waals surface area contributed by atoms with E-state index in [1.165, 1.54) is 30.5 Å². The van der Waals surface area contributed by atoms with Crippen LogP contribution in [0.1, 0.15) is 28.8 Å². The van der Waals surface area contributed by atoms with Crippen LogP contribution >= 0.6 is 0 Å². The summed E-state index contributed by atoms with van der Waals surface area (Å²) in [7, 11) is 0. The lowest BCUT2D eigenvalue weighted by Crippen LogP contribution is -2.22. The number of nitrogens with zero attached hydrogens (tertiary/aromatic N) is 3. The Hall–Kier alpha value is -4.28. The number of amides is 4. The first-order valence-electron chi connectivity index (χ1n) is 9.52. The quantitative estimate of drug-likeness (QED) is 0.368. The zero-order chi connectivity index (χ0) is 21.5. The molecule has 3 aromatic rings. The minimum atomic E-state index is -0.611. The molecule has 0 unspecified atom stereocenters. The maximum atomic E-state index is 13.5. The Kier molecular flexibility index (Phi) is 4.35. The van der Waals surface area contributed by atoms with Crippen molar-refractivity contribution in [1.29, 1.82) is 0 Å². The van der Waals surface area contributed by atoms with Gasteiger partial charge < -0.3 is 16.0 Å². The van der Waals surface area contributed by atoms with Crippen molar-refractivity contribution in [2.45, 2.75) is 18.9 Å². The maximum absolute atomic E-state index is 13.5. The zero-order valence-corrected chi connectivity index (χ0v) is 16.0. The molecule has 2 aromatic heterocycles. The zero-order valence-electron chi connectivity index (χ0n) is 16.0. The van der Waals surface area contributed by atoms with Gasteiger partial charge in [0.05, 0.1) is 6.20 Å². The molecule has 1 saturated heterocycles. The Morgan fingerprint density at radius 3 is 2.77 bits per heavy atom. The van der Waals surface area contributed by atoms with Crippen LogP contribution in [-0.4, -0.2) is 38.5 Å². The van der Waals surface area contributed by atoms with Crippen molar-refractivity contribution in [3.05, 3.63) is 59.2 Å². The number of benzene rings is 1. The number of fused-ring (bicyclic) bond motifs is 1. The van der Waals surface area contributed by atoms with Gasteiger partial charge in [0.2, 0.25) is 0 Å². The van der Waals surface area contributed by atoms with Gasteiger partial charge >= 0.3 is 6.03 Å². The van der Waals surface area contributed by atoms with Crippen LogP contribution in [0.2, 0.25) is 0 Å². The maximum Gasteiger partial charge on any atom is 0.326 e. The molecule has 2 aliphatic rings. The van der Waals surface area contributed by atoms with Crippen molar-refractivity contribution >= 4 is 41.2 Å². The van der Waals surface area contributed by atoms with Gasteiger partial charge in [-0.05, 0) is 37.1 Å². The van der Waals surface area contributed by atoms with E-state index in [9.17, 15) is 18.8 Å². The highest BCUT2D eigenvalue weighted by Crippen LogP contribution is 2.27. The number of urea groups is 1. The summed E-state index contributed by atoms with van der Waals surface area (Å²) in [5.74, 6) is -0.767. The molecule has 3 heterocycles. The van der Waals surface area contributed by atoms with Crippen LogP contribution in [0.15, 0.2) is 42.2 Å². The summed E-state index contributed by atoms with van der Waals surface area (Å²) in [4.78, 5) is 40.2. The van der Waals surface area contributed by atoms with E-state index in [2.05, 4.69) is 31.3 Å². The summed E-state index contributed by atoms with van der Waals surface area (Å²) >= 11 is 0. The van der Waals surface area contributed by atoms with Gasteiger partial charge in [0.15, 0.2) is 5.65 Å². The predicted molar refractivity (Wildman–Crippen MR) is 109 cm³/mol. The van der Waals surface area contributed by atoms with Gasteiger partial charge in [-0.25, -0.2) is 14.2 Å². The second-order valence-electron chi connectivity index (χ2n) is 7.21. The van der Waals surface area contributed by atoms with Gasteiger partial charge in [0.1, 0.15) is 23.1 Å². The molecule has 0 radical (unpaired) electrons. The van der Waals surface area contributed by atoms with Crippen molar-refractivity contribution in [3.63, 3.8) is 0 Å². The predicted octanol–water partition coefficient (Wildman–Crippen LogP) is 1.88. The van der Waals surface area contributed by atoms with Crippen molar-refractivity contribution in [1.82, 2.24) is 25.2 Å². The molecular formula is C20H16FN7O3. The largest absolute Gasteiger partial charge is 0.367 e. The smallest absolute Gasteiger partial charge is 0.326 e. The van der Waals surface area contributed by atoms with E-state index in [1.807, 2.05) is 0 Å². The van der Waals surface area contributed by atoms with Crippen molar-refractivity contribution in [2.75, 3.05) is 10.6 Å². The third-order valence-electron chi connectivity index (χ3n) is 4.78. The highest BCUT2D eigenvalue weighted by Gasteiger charge is 2.25. The molecule has 11 heteroatoms. The second kappa shape index (κ2) is 7.20. The van der Waals surface area contributed by atoms with E-state index in [0.717, 1.165) is 18.9 Å². The fourth-order valence-corrected chi connectivity index (χ4v) is 3.14. The van der Waals surface area contributed by atoms with E-state index in [0.29, 0.717) is 23.1 Å². The molecule has 2 fully saturated rings. The summed E-state index contributed by atoms with van der Waals surface area (Å²) in [6, 6.07) is 6.65. The van der Waals surface area contributed by atoms with Crippen molar-refractivity contribution in [3.8, 4) is 0 Å².